The largest absolute Gasteiger partial charge is 0.481 e. The van der Waals surface area contributed by atoms with Crippen LogP contribution in [-0.2, 0) is 39.2 Å². The standard InChI is InChI=1S/C19H24ClN3O7S/c1-2-3-4-16-21-18(20)15(11-24)23(16)10-12-5-7-13(8-6-12)31(29,30)22-14(19(27)28)9-17(25)26/h5-8,14,22,24H,2-4,9-11H2,1H3,(H,25,26)(H,27,28). The zero-order valence-electron chi connectivity index (χ0n) is 16.8. The number of benzene rings is 1. The minimum absolute atomic E-state index is 0.204. The summed E-state index contributed by atoms with van der Waals surface area (Å²) in [5, 5.41) is 27.7. The first-order valence-corrected chi connectivity index (χ1v) is 11.4. The van der Waals surface area contributed by atoms with Gasteiger partial charge in [0.1, 0.15) is 11.9 Å². The fourth-order valence-electron chi connectivity index (χ4n) is 2.93. The number of carbonyl (C=O) groups is 2. The molecule has 0 saturated heterocycles. The molecule has 2 aromatic rings. The molecule has 0 fully saturated rings. The van der Waals surface area contributed by atoms with Crippen molar-refractivity contribution < 1.29 is 33.3 Å². The minimum Gasteiger partial charge on any atom is -0.481 e. The molecule has 0 bridgehead atoms. The summed E-state index contributed by atoms with van der Waals surface area (Å²) >= 11 is 6.12. The highest BCUT2D eigenvalue weighted by Gasteiger charge is 2.27. The number of carboxylic acids is 2. The number of halogens is 1. The van der Waals surface area contributed by atoms with E-state index < -0.39 is 34.4 Å². The SMILES string of the molecule is CCCCc1nc(Cl)c(CO)n1Cc1ccc(S(=O)(=O)NC(CC(=O)O)C(=O)O)cc1. The van der Waals surface area contributed by atoms with Crippen molar-refractivity contribution in [1.29, 1.82) is 0 Å². The summed E-state index contributed by atoms with van der Waals surface area (Å²) in [6.45, 7) is 2.05. The lowest BCUT2D eigenvalue weighted by Crippen LogP contribution is -2.42. The second-order valence-corrected chi connectivity index (χ2v) is 8.94. The van der Waals surface area contributed by atoms with E-state index in [4.69, 9.17) is 21.8 Å². The molecule has 170 valence electrons. The minimum atomic E-state index is -4.24. The number of aryl methyl sites for hydroxylation is 1. The number of hydrogen-bond donors (Lipinski definition) is 4. The van der Waals surface area contributed by atoms with Crippen LogP contribution in [0.25, 0.3) is 0 Å². The topological polar surface area (TPSA) is 159 Å². The van der Waals surface area contributed by atoms with Gasteiger partial charge in [0.15, 0.2) is 5.15 Å². The van der Waals surface area contributed by atoms with Crippen LogP contribution in [-0.4, -0.2) is 51.3 Å². The number of imidazole rings is 1. The van der Waals surface area contributed by atoms with Crippen molar-refractivity contribution in [3.8, 4) is 0 Å². The molecular formula is C19H24ClN3O7S. The van der Waals surface area contributed by atoms with E-state index in [9.17, 15) is 23.1 Å². The van der Waals surface area contributed by atoms with Crippen molar-refractivity contribution in [1.82, 2.24) is 14.3 Å². The summed E-state index contributed by atoms with van der Waals surface area (Å²) in [4.78, 5) is 26.0. The zero-order chi connectivity index (χ0) is 23.2. The van der Waals surface area contributed by atoms with Crippen molar-refractivity contribution in [3.05, 3.63) is 46.5 Å². The molecule has 1 atom stereocenters. The predicted molar refractivity (Wildman–Crippen MR) is 111 cm³/mol. The van der Waals surface area contributed by atoms with Crippen LogP contribution in [0.1, 0.15) is 43.3 Å². The number of aliphatic carboxylic acids is 2. The Kier molecular flexibility index (Phi) is 8.57. The number of unbranched alkanes of at least 4 members (excludes halogenated alkanes) is 1. The molecule has 2 rings (SSSR count). The normalized spacial score (nSPS) is 12.6. The number of sulfonamides is 1. The monoisotopic (exact) mass is 473 g/mol. The molecular weight excluding hydrogens is 450 g/mol. The van der Waals surface area contributed by atoms with E-state index in [1.54, 1.807) is 16.7 Å². The van der Waals surface area contributed by atoms with Crippen molar-refractivity contribution >= 4 is 33.6 Å². The molecule has 0 radical (unpaired) electrons. The van der Waals surface area contributed by atoms with E-state index in [1.165, 1.54) is 12.1 Å². The maximum atomic E-state index is 12.4. The molecule has 1 aromatic heterocycles. The van der Waals surface area contributed by atoms with Crippen molar-refractivity contribution in [2.75, 3.05) is 0 Å². The van der Waals surface area contributed by atoms with Crippen LogP contribution < -0.4 is 4.72 Å². The lowest BCUT2D eigenvalue weighted by atomic mass is 10.2. The smallest absolute Gasteiger partial charge is 0.322 e. The summed E-state index contributed by atoms with van der Waals surface area (Å²) in [6.07, 6.45) is 1.63. The Labute approximate surface area is 184 Å². The van der Waals surface area contributed by atoms with Gasteiger partial charge in [0.2, 0.25) is 10.0 Å². The fraction of sp³-hybridized carbons (Fsp3) is 0.421. The van der Waals surface area contributed by atoms with E-state index in [0.29, 0.717) is 30.0 Å². The molecule has 4 N–H and O–H groups in total. The van der Waals surface area contributed by atoms with Gasteiger partial charge in [-0.3, -0.25) is 9.59 Å². The van der Waals surface area contributed by atoms with E-state index in [0.717, 1.165) is 12.8 Å². The van der Waals surface area contributed by atoms with Crippen molar-refractivity contribution in [3.63, 3.8) is 0 Å². The molecule has 0 aliphatic rings. The maximum Gasteiger partial charge on any atom is 0.322 e. The molecule has 10 nitrogen and oxygen atoms in total. The van der Waals surface area contributed by atoms with Crippen LogP contribution in [0.4, 0.5) is 0 Å². The third kappa shape index (κ3) is 6.50. The third-order valence-electron chi connectivity index (χ3n) is 4.56. The quantitative estimate of drug-likeness (QED) is 0.362. The lowest BCUT2D eigenvalue weighted by Gasteiger charge is -2.14. The summed E-state index contributed by atoms with van der Waals surface area (Å²) < 4.78 is 28.6. The first-order chi connectivity index (χ1) is 14.6. The average Bonchev–Trinajstić information content (AvgIpc) is 2.99. The van der Waals surface area contributed by atoms with Gasteiger partial charge in [-0.1, -0.05) is 37.1 Å². The van der Waals surface area contributed by atoms with Gasteiger partial charge >= 0.3 is 11.9 Å². The van der Waals surface area contributed by atoms with Gasteiger partial charge in [-0.2, -0.15) is 4.72 Å². The van der Waals surface area contributed by atoms with Crippen molar-refractivity contribution in [2.45, 2.75) is 56.7 Å². The lowest BCUT2D eigenvalue weighted by molar-refractivity contribution is -0.145. The summed E-state index contributed by atoms with van der Waals surface area (Å²) in [5.41, 5.74) is 1.17. The van der Waals surface area contributed by atoms with E-state index in [-0.39, 0.29) is 16.7 Å². The number of carboxylic acid groups (broad SMARTS) is 2. The van der Waals surface area contributed by atoms with Gasteiger partial charge < -0.3 is 19.9 Å². The molecule has 1 heterocycles. The predicted octanol–water partition coefficient (Wildman–Crippen LogP) is 1.63. The van der Waals surface area contributed by atoms with Gasteiger partial charge in [-0.15, -0.1) is 0 Å². The van der Waals surface area contributed by atoms with Gasteiger partial charge in [0, 0.05) is 13.0 Å². The summed E-state index contributed by atoms with van der Waals surface area (Å²) in [7, 11) is -4.24. The highest BCUT2D eigenvalue weighted by Crippen LogP contribution is 2.21. The molecule has 0 spiro atoms. The number of aromatic nitrogens is 2. The first kappa shape index (κ1) is 24.8. The zero-order valence-corrected chi connectivity index (χ0v) is 18.4. The third-order valence-corrected chi connectivity index (χ3v) is 6.35. The number of aliphatic hydroxyl groups excluding tert-OH is 1. The Balaban J connectivity index is 2.24. The fourth-order valence-corrected chi connectivity index (χ4v) is 4.38. The first-order valence-electron chi connectivity index (χ1n) is 9.49. The van der Waals surface area contributed by atoms with Gasteiger partial charge in [-0.05, 0) is 24.1 Å². The molecule has 0 amide bonds. The Hall–Kier alpha value is -2.47. The summed E-state index contributed by atoms with van der Waals surface area (Å²) in [6, 6.07) is 3.88. The molecule has 1 aromatic carbocycles. The van der Waals surface area contributed by atoms with Crippen LogP contribution in [0.3, 0.4) is 0 Å². The van der Waals surface area contributed by atoms with Crippen LogP contribution in [0.5, 0.6) is 0 Å². The van der Waals surface area contributed by atoms with Gasteiger partial charge in [0.05, 0.1) is 23.6 Å². The number of nitrogens with zero attached hydrogens (tertiary/aromatic N) is 2. The number of hydrogen-bond acceptors (Lipinski definition) is 6. The van der Waals surface area contributed by atoms with Crippen molar-refractivity contribution in [2.24, 2.45) is 0 Å². The van der Waals surface area contributed by atoms with E-state index in [2.05, 4.69) is 4.98 Å². The molecule has 1 unspecified atom stereocenters. The van der Waals surface area contributed by atoms with Crippen LogP contribution >= 0.6 is 11.6 Å². The molecule has 0 aliphatic heterocycles. The Morgan fingerprint density at radius 1 is 1.23 bits per heavy atom. The number of nitrogens with one attached hydrogen (secondary N) is 1. The van der Waals surface area contributed by atoms with Crippen LogP contribution in [0.15, 0.2) is 29.2 Å². The number of aliphatic hydroxyl groups is 1. The Morgan fingerprint density at radius 2 is 1.87 bits per heavy atom. The molecule has 12 heteroatoms. The van der Waals surface area contributed by atoms with E-state index >= 15 is 0 Å². The second kappa shape index (κ2) is 10.7. The molecule has 0 saturated carbocycles. The highest BCUT2D eigenvalue weighted by atomic mass is 35.5. The Bertz CT molecular complexity index is 1040. The highest BCUT2D eigenvalue weighted by molar-refractivity contribution is 7.89. The maximum absolute atomic E-state index is 12.4. The summed E-state index contributed by atoms with van der Waals surface area (Å²) in [5.74, 6) is -2.31. The van der Waals surface area contributed by atoms with E-state index in [1.807, 2.05) is 11.6 Å². The average molecular weight is 474 g/mol. The Morgan fingerprint density at radius 3 is 2.39 bits per heavy atom. The van der Waals surface area contributed by atoms with Crippen LogP contribution in [0.2, 0.25) is 5.15 Å². The molecule has 0 aliphatic carbocycles. The number of rotatable bonds is 12. The van der Waals surface area contributed by atoms with Gasteiger partial charge in [-0.25, -0.2) is 13.4 Å². The second-order valence-electron chi connectivity index (χ2n) is 6.87. The van der Waals surface area contributed by atoms with Crippen LogP contribution in [0, 0.1) is 0 Å². The van der Waals surface area contributed by atoms with Gasteiger partial charge in [0.25, 0.3) is 0 Å². The molecule has 31 heavy (non-hydrogen) atoms.